The van der Waals surface area contributed by atoms with E-state index in [9.17, 15) is 19.5 Å². The Morgan fingerprint density at radius 1 is 0.952 bits per heavy atom. The molecule has 1 unspecified atom stereocenters. The molecule has 9 heteroatoms. The standard InChI is InChI=1S/C33H33NO8/c1-32(2,3)41-30(36)20-33(31(37)38)19-28(34-42-33)27-18-26(39-21-23-10-6-4-7-11-23)16-14-25(27)15-17-29(35)40-22-24-12-8-5-9-13-24/h4-18H,19-22H2,1-3H3,(H,37,38). The number of hydrogen-bond acceptors (Lipinski definition) is 8. The lowest BCUT2D eigenvalue weighted by molar-refractivity contribution is -0.175. The molecule has 0 aliphatic carbocycles. The van der Waals surface area contributed by atoms with Gasteiger partial charge in [0.25, 0.3) is 0 Å². The number of carboxylic acid groups (broad SMARTS) is 1. The molecule has 0 radical (unpaired) electrons. The molecule has 0 fully saturated rings. The van der Waals surface area contributed by atoms with Gasteiger partial charge in [0.2, 0.25) is 5.60 Å². The van der Waals surface area contributed by atoms with E-state index in [0.29, 0.717) is 23.5 Å². The van der Waals surface area contributed by atoms with Crippen LogP contribution >= 0.6 is 0 Å². The van der Waals surface area contributed by atoms with Crippen molar-refractivity contribution in [2.75, 3.05) is 0 Å². The summed E-state index contributed by atoms with van der Waals surface area (Å²) in [4.78, 5) is 42.7. The highest BCUT2D eigenvalue weighted by atomic mass is 16.7. The average Bonchev–Trinajstić information content (AvgIpc) is 3.39. The summed E-state index contributed by atoms with van der Waals surface area (Å²) in [7, 11) is 0. The number of carbonyl (C=O) groups is 3. The van der Waals surface area contributed by atoms with Crippen LogP contribution in [-0.2, 0) is 41.9 Å². The van der Waals surface area contributed by atoms with E-state index in [2.05, 4.69) is 5.16 Å². The maximum Gasteiger partial charge on any atom is 0.351 e. The molecule has 42 heavy (non-hydrogen) atoms. The summed E-state index contributed by atoms with van der Waals surface area (Å²) < 4.78 is 16.7. The van der Waals surface area contributed by atoms with Gasteiger partial charge in [-0.15, -0.1) is 0 Å². The SMILES string of the molecule is CC(C)(C)OC(=O)CC1(C(=O)O)CC(c2cc(OCc3ccccc3)ccc2C=CC(=O)OCc2ccccc2)=NO1. The lowest BCUT2D eigenvalue weighted by Crippen LogP contribution is -2.42. The topological polar surface area (TPSA) is 121 Å². The van der Waals surface area contributed by atoms with E-state index in [1.54, 1.807) is 45.0 Å². The second-order valence-electron chi connectivity index (χ2n) is 10.8. The fraction of sp³-hybridized carbons (Fsp3) is 0.273. The summed E-state index contributed by atoms with van der Waals surface area (Å²) in [5.74, 6) is -2.11. The van der Waals surface area contributed by atoms with Crippen molar-refractivity contribution in [1.29, 1.82) is 0 Å². The highest BCUT2D eigenvalue weighted by molar-refractivity contribution is 6.08. The van der Waals surface area contributed by atoms with E-state index >= 15 is 0 Å². The summed E-state index contributed by atoms with van der Waals surface area (Å²) in [6.45, 7) is 5.51. The molecule has 0 saturated heterocycles. The monoisotopic (exact) mass is 571 g/mol. The second kappa shape index (κ2) is 13.2. The van der Waals surface area contributed by atoms with Crippen LogP contribution in [0.25, 0.3) is 6.08 Å². The fourth-order valence-corrected chi connectivity index (χ4v) is 4.21. The Bertz CT molecular complexity index is 1470. The molecular weight excluding hydrogens is 538 g/mol. The molecule has 3 aromatic carbocycles. The second-order valence-corrected chi connectivity index (χ2v) is 10.8. The molecule has 1 aliphatic rings. The fourth-order valence-electron chi connectivity index (χ4n) is 4.21. The minimum atomic E-state index is -1.94. The highest BCUT2D eigenvalue weighted by Crippen LogP contribution is 2.34. The summed E-state index contributed by atoms with van der Waals surface area (Å²) >= 11 is 0. The van der Waals surface area contributed by atoms with Gasteiger partial charge in [0.15, 0.2) is 0 Å². The molecule has 4 rings (SSSR count). The zero-order chi connectivity index (χ0) is 30.2. The van der Waals surface area contributed by atoms with Crippen LogP contribution in [0.4, 0.5) is 0 Å². The van der Waals surface area contributed by atoms with Crippen LogP contribution < -0.4 is 4.74 Å². The average molecular weight is 572 g/mol. The number of hydrogen-bond donors (Lipinski definition) is 1. The molecular formula is C33H33NO8. The van der Waals surface area contributed by atoms with Gasteiger partial charge >= 0.3 is 17.9 Å². The van der Waals surface area contributed by atoms with Crippen LogP contribution in [0, 0.1) is 0 Å². The first-order valence-electron chi connectivity index (χ1n) is 13.4. The third-order valence-electron chi connectivity index (χ3n) is 6.23. The lowest BCUT2D eigenvalue weighted by atomic mass is 9.89. The Morgan fingerprint density at radius 2 is 1.60 bits per heavy atom. The van der Waals surface area contributed by atoms with E-state index < -0.39 is 35.5 Å². The van der Waals surface area contributed by atoms with Gasteiger partial charge in [0.1, 0.15) is 24.6 Å². The Labute approximate surface area is 244 Å². The maximum atomic E-state index is 12.6. The first-order chi connectivity index (χ1) is 20.0. The minimum absolute atomic E-state index is 0.121. The van der Waals surface area contributed by atoms with Crippen molar-refractivity contribution in [3.63, 3.8) is 0 Å². The van der Waals surface area contributed by atoms with Crippen LogP contribution in [0.5, 0.6) is 5.75 Å². The molecule has 1 N–H and O–H groups in total. The van der Waals surface area contributed by atoms with Gasteiger partial charge in [0, 0.05) is 18.1 Å². The Hall–Kier alpha value is -4.92. The molecule has 0 spiro atoms. The largest absolute Gasteiger partial charge is 0.489 e. The third-order valence-corrected chi connectivity index (χ3v) is 6.23. The van der Waals surface area contributed by atoms with Gasteiger partial charge in [-0.2, -0.15) is 0 Å². The number of ether oxygens (including phenoxy) is 3. The Kier molecular flexibility index (Phi) is 9.42. The first-order valence-corrected chi connectivity index (χ1v) is 13.4. The van der Waals surface area contributed by atoms with Crippen molar-refractivity contribution >= 4 is 29.7 Å². The molecule has 1 atom stereocenters. The predicted octanol–water partition coefficient (Wildman–Crippen LogP) is 5.70. The maximum absolute atomic E-state index is 12.6. The smallest absolute Gasteiger partial charge is 0.351 e. The number of carbonyl (C=O) groups excluding carboxylic acids is 2. The van der Waals surface area contributed by atoms with E-state index in [0.717, 1.165) is 11.1 Å². The summed E-state index contributed by atoms with van der Waals surface area (Å²) in [5.41, 5.74) is 0.410. The molecule has 1 aliphatic heterocycles. The van der Waals surface area contributed by atoms with Gasteiger partial charge in [0.05, 0.1) is 12.1 Å². The Morgan fingerprint density at radius 3 is 2.21 bits per heavy atom. The van der Waals surface area contributed by atoms with Crippen molar-refractivity contribution in [3.05, 3.63) is 107 Å². The van der Waals surface area contributed by atoms with Crippen molar-refractivity contribution < 1.29 is 38.5 Å². The number of oxime groups is 1. The van der Waals surface area contributed by atoms with Crippen molar-refractivity contribution in [1.82, 2.24) is 0 Å². The zero-order valence-electron chi connectivity index (χ0n) is 23.7. The number of esters is 2. The molecule has 0 saturated carbocycles. The van der Waals surface area contributed by atoms with Crippen LogP contribution in [0.2, 0.25) is 0 Å². The Balaban J connectivity index is 1.56. The van der Waals surface area contributed by atoms with Crippen LogP contribution in [0.3, 0.4) is 0 Å². The van der Waals surface area contributed by atoms with Crippen LogP contribution in [-0.4, -0.2) is 39.9 Å². The number of nitrogens with zero attached hydrogens (tertiary/aromatic N) is 1. The van der Waals surface area contributed by atoms with Gasteiger partial charge in [-0.3, -0.25) is 4.79 Å². The summed E-state index contributed by atoms with van der Waals surface area (Å²) in [6.07, 6.45) is 2.10. The summed E-state index contributed by atoms with van der Waals surface area (Å²) in [5, 5.41) is 14.1. The van der Waals surface area contributed by atoms with Gasteiger partial charge < -0.3 is 24.2 Å². The number of rotatable bonds is 11. The first kappa shape index (κ1) is 30.0. The van der Waals surface area contributed by atoms with E-state index in [1.807, 2.05) is 60.7 Å². The highest BCUT2D eigenvalue weighted by Gasteiger charge is 2.50. The molecule has 0 bridgehead atoms. The molecule has 1 heterocycles. The molecule has 0 aromatic heterocycles. The molecule has 9 nitrogen and oxygen atoms in total. The lowest BCUT2D eigenvalue weighted by Gasteiger charge is -2.24. The number of aliphatic carboxylic acids is 1. The van der Waals surface area contributed by atoms with Gasteiger partial charge in [-0.05, 0) is 55.7 Å². The third kappa shape index (κ3) is 8.30. The van der Waals surface area contributed by atoms with E-state index in [-0.39, 0.29) is 18.7 Å². The van der Waals surface area contributed by atoms with Crippen molar-refractivity contribution in [2.24, 2.45) is 5.16 Å². The number of carboxylic acids is 1. The predicted molar refractivity (Wildman–Crippen MR) is 156 cm³/mol. The van der Waals surface area contributed by atoms with Crippen LogP contribution in [0.15, 0.2) is 90.1 Å². The molecule has 218 valence electrons. The molecule has 3 aromatic rings. The van der Waals surface area contributed by atoms with Crippen molar-refractivity contribution in [3.8, 4) is 5.75 Å². The zero-order valence-corrected chi connectivity index (χ0v) is 23.7. The molecule has 0 amide bonds. The number of benzene rings is 3. The van der Waals surface area contributed by atoms with Crippen LogP contribution in [0.1, 0.15) is 55.9 Å². The quantitative estimate of drug-likeness (QED) is 0.230. The minimum Gasteiger partial charge on any atom is -0.489 e. The normalized spacial score (nSPS) is 16.4. The van der Waals surface area contributed by atoms with Crippen molar-refractivity contribution in [2.45, 2.75) is 58.0 Å². The van der Waals surface area contributed by atoms with E-state index in [4.69, 9.17) is 19.0 Å². The van der Waals surface area contributed by atoms with Gasteiger partial charge in [-0.25, -0.2) is 9.59 Å². The van der Waals surface area contributed by atoms with E-state index in [1.165, 1.54) is 6.08 Å². The van der Waals surface area contributed by atoms with Gasteiger partial charge in [-0.1, -0.05) is 71.9 Å². The summed E-state index contributed by atoms with van der Waals surface area (Å²) in [6, 6.07) is 24.1.